The number of aliphatic hydroxyl groups is 1. The predicted molar refractivity (Wildman–Crippen MR) is 140 cm³/mol. The summed E-state index contributed by atoms with van der Waals surface area (Å²) in [4.78, 5) is 18.4. The molecule has 184 valence electrons. The summed E-state index contributed by atoms with van der Waals surface area (Å²) in [5, 5.41) is 23.2. The third-order valence-electron chi connectivity index (χ3n) is 6.24. The average Bonchev–Trinajstić information content (AvgIpc) is 3.33. The number of thioether (sulfide) groups is 1. The molecule has 3 unspecified atom stereocenters. The number of rotatable bonds is 7. The minimum absolute atomic E-state index is 0.370. The van der Waals surface area contributed by atoms with Crippen molar-refractivity contribution >= 4 is 29.3 Å². The Balaban J connectivity index is 1.49. The number of para-hydroxylation sites is 2. The Morgan fingerprint density at radius 1 is 1.08 bits per heavy atom. The van der Waals surface area contributed by atoms with Gasteiger partial charge in [0.2, 0.25) is 17.0 Å². The fourth-order valence-electron chi connectivity index (χ4n) is 4.45. The van der Waals surface area contributed by atoms with Crippen molar-refractivity contribution in [3.05, 3.63) is 96.1 Å². The number of hydrogen-bond acceptors (Lipinski definition) is 7. The molecule has 3 N–H and O–H groups in total. The predicted octanol–water partition coefficient (Wildman–Crippen LogP) is 4.67. The minimum Gasteiger partial charge on any atom is -0.495 e. The Kier molecular flexibility index (Phi) is 6.67. The highest BCUT2D eigenvalue weighted by Crippen LogP contribution is 2.43. The van der Waals surface area contributed by atoms with Gasteiger partial charge in [-0.3, -0.25) is 4.79 Å². The Labute approximate surface area is 213 Å². The molecular weight excluding hydrogens is 474 g/mol. The van der Waals surface area contributed by atoms with E-state index in [1.807, 2.05) is 72.8 Å². The molecule has 0 radical (unpaired) electrons. The van der Waals surface area contributed by atoms with E-state index in [4.69, 9.17) is 4.74 Å². The van der Waals surface area contributed by atoms with E-state index in [0.717, 1.165) is 11.1 Å². The third-order valence-corrected chi connectivity index (χ3v) is 7.15. The van der Waals surface area contributed by atoms with Crippen LogP contribution in [-0.4, -0.2) is 32.9 Å². The lowest BCUT2D eigenvalue weighted by atomic mass is 9.83. The molecule has 1 aliphatic rings. The van der Waals surface area contributed by atoms with Crippen LogP contribution >= 0.6 is 11.8 Å². The molecule has 1 amide bonds. The number of amides is 1. The van der Waals surface area contributed by atoms with E-state index in [1.165, 1.54) is 16.4 Å². The Bertz CT molecular complexity index is 1340. The summed E-state index contributed by atoms with van der Waals surface area (Å²) in [7, 11) is 1.55. The summed E-state index contributed by atoms with van der Waals surface area (Å²) in [6.45, 7) is 1.60. The topological polar surface area (TPSA) is 101 Å². The van der Waals surface area contributed by atoms with E-state index in [1.54, 1.807) is 26.2 Å². The van der Waals surface area contributed by atoms with Gasteiger partial charge in [-0.15, -0.1) is 5.10 Å². The number of fused-ring (bicyclic) bond motifs is 1. The maximum absolute atomic E-state index is 13.7. The lowest BCUT2D eigenvalue weighted by Crippen LogP contribution is -2.53. The molecule has 0 saturated carbocycles. The maximum atomic E-state index is 13.7. The SMILES string of the molecule is COc1ccccc1NC(=O)C1C(c2ccccc2)Nc2nc(SCc3ccccc3)nn2C1(C)O. The lowest BCUT2D eigenvalue weighted by molar-refractivity contribution is -0.143. The van der Waals surface area contributed by atoms with Crippen LogP contribution in [0.15, 0.2) is 90.1 Å². The van der Waals surface area contributed by atoms with Crippen LogP contribution in [0.25, 0.3) is 0 Å². The molecule has 3 atom stereocenters. The first-order chi connectivity index (χ1) is 17.5. The van der Waals surface area contributed by atoms with E-state index in [0.29, 0.717) is 28.3 Å². The first-order valence-electron chi connectivity index (χ1n) is 11.6. The van der Waals surface area contributed by atoms with Crippen molar-refractivity contribution in [3.8, 4) is 5.75 Å². The van der Waals surface area contributed by atoms with E-state index in [9.17, 15) is 9.90 Å². The number of methoxy groups -OCH3 is 1. The summed E-state index contributed by atoms with van der Waals surface area (Å²) in [5.41, 5.74) is 0.860. The first kappa shape index (κ1) is 23.9. The molecule has 1 aromatic heterocycles. The highest BCUT2D eigenvalue weighted by atomic mass is 32.2. The largest absolute Gasteiger partial charge is 0.495 e. The molecule has 0 fully saturated rings. The van der Waals surface area contributed by atoms with Gasteiger partial charge in [-0.1, -0.05) is 84.6 Å². The normalized spacial score (nSPS) is 20.8. The van der Waals surface area contributed by atoms with Gasteiger partial charge in [0.15, 0.2) is 5.72 Å². The van der Waals surface area contributed by atoms with Crippen LogP contribution in [0.1, 0.15) is 24.1 Å². The Morgan fingerprint density at radius 2 is 1.75 bits per heavy atom. The number of anilines is 2. The lowest BCUT2D eigenvalue weighted by Gasteiger charge is -2.42. The van der Waals surface area contributed by atoms with Gasteiger partial charge in [-0.2, -0.15) is 9.67 Å². The van der Waals surface area contributed by atoms with Gasteiger partial charge < -0.3 is 20.5 Å². The van der Waals surface area contributed by atoms with Crippen LogP contribution < -0.4 is 15.4 Å². The number of benzene rings is 3. The second-order valence-electron chi connectivity index (χ2n) is 8.70. The number of ether oxygens (including phenoxy) is 1. The van der Waals surface area contributed by atoms with Crippen molar-refractivity contribution in [2.45, 2.75) is 29.6 Å². The molecule has 9 heteroatoms. The Morgan fingerprint density at radius 3 is 2.47 bits per heavy atom. The van der Waals surface area contributed by atoms with Crippen molar-refractivity contribution in [2.75, 3.05) is 17.7 Å². The van der Waals surface area contributed by atoms with E-state index in [2.05, 4.69) is 20.7 Å². The molecule has 3 aromatic carbocycles. The number of nitrogens with zero attached hydrogens (tertiary/aromatic N) is 3. The van der Waals surface area contributed by atoms with Gasteiger partial charge >= 0.3 is 0 Å². The number of carbonyl (C=O) groups excluding carboxylic acids is 1. The average molecular weight is 502 g/mol. The summed E-state index contributed by atoms with van der Waals surface area (Å²) in [5.74, 6) is 0.334. The number of hydrogen-bond donors (Lipinski definition) is 3. The molecular formula is C27H27N5O3S. The fraction of sp³-hybridized carbons (Fsp3) is 0.222. The summed E-state index contributed by atoms with van der Waals surface area (Å²) in [6.07, 6.45) is 0. The standard InChI is InChI=1S/C27H27N5O3S/c1-27(34)22(24(33)28-20-15-9-10-16-21(20)35-2)23(19-13-7-4-8-14-19)29-25-30-26(31-32(25)27)36-17-18-11-5-3-6-12-18/h3-16,22-23,34H,17H2,1-2H3,(H,28,33)(H,29,30,31). The molecule has 4 aromatic rings. The van der Waals surface area contributed by atoms with Crippen LogP contribution in [-0.2, 0) is 16.3 Å². The van der Waals surface area contributed by atoms with Crippen LogP contribution in [0.5, 0.6) is 5.75 Å². The molecule has 0 bridgehead atoms. The second kappa shape index (κ2) is 10.0. The summed E-state index contributed by atoms with van der Waals surface area (Å²) >= 11 is 1.47. The van der Waals surface area contributed by atoms with Crippen LogP contribution in [0, 0.1) is 5.92 Å². The number of nitrogens with one attached hydrogen (secondary N) is 2. The summed E-state index contributed by atoms with van der Waals surface area (Å²) in [6, 6.07) is 26.2. The quantitative estimate of drug-likeness (QED) is 0.317. The fourth-order valence-corrected chi connectivity index (χ4v) is 5.23. The molecule has 5 rings (SSSR count). The Hall–Kier alpha value is -3.82. The number of carbonyl (C=O) groups is 1. The zero-order valence-corrected chi connectivity index (χ0v) is 20.8. The highest BCUT2D eigenvalue weighted by molar-refractivity contribution is 7.98. The van der Waals surface area contributed by atoms with E-state index >= 15 is 0 Å². The number of aromatic nitrogens is 3. The molecule has 36 heavy (non-hydrogen) atoms. The van der Waals surface area contributed by atoms with Gasteiger partial charge in [0.05, 0.1) is 18.8 Å². The summed E-state index contributed by atoms with van der Waals surface area (Å²) < 4.78 is 6.81. The van der Waals surface area contributed by atoms with Crippen molar-refractivity contribution in [3.63, 3.8) is 0 Å². The highest BCUT2D eigenvalue weighted by Gasteiger charge is 2.51. The van der Waals surface area contributed by atoms with Crippen molar-refractivity contribution in [1.82, 2.24) is 14.8 Å². The van der Waals surface area contributed by atoms with Crippen LogP contribution in [0.3, 0.4) is 0 Å². The maximum Gasteiger partial charge on any atom is 0.234 e. The monoisotopic (exact) mass is 501 g/mol. The third kappa shape index (κ3) is 4.67. The minimum atomic E-state index is -1.66. The zero-order valence-electron chi connectivity index (χ0n) is 20.0. The van der Waals surface area contributed by atoms with Crippen LogP contribution in [0.2, 0.25) is 0 Å². The van der Waals surface area contributed by atoms with Gasteiger partial charge in [-0.05, 0) is 30.2 Å². The van der Waals surface area contributed by atoms with Crippen molar-refractivity contribution in [1.29, 1.82) is 0 Å². The van der Waals surface area contributed by atoms with Gasteiger partial charge in [-0.25, -0.2) is 0 Å². The van der Waals surface area contributed by atoms with E-state index in [-0.39, 0.29) is 5.91 Å². The van der Waals surface area contributed by atoms with Gasteiger partial charge in [0.25, 0.3) is 0 Å². The second-order valence-corrected chi connectivity index (χ2v) is 9.64. The van der Waals surface area contributed by atoms with Crippen molar-refractivity contribution in [2.24, 2.45) is 5.92 Å². The molecule has 0 aliphatic carbocycles. The molecule has 8 nitrogen and oxygen atoms in total. The molecule has 2 heterocycles. The zero-order chi connectivity index (χ0) is 25.1. The smallest absolute Gasteiger partial charge is 0.234 e. The van der Waals surface area contributed by atoms with Gasteiger partial charge in [0, 0.05) is 5.75 Å². The van der Waals surface area contributed by atoms with Crippen LogP contribution in [0.4, 0.5) is 11.6 Å². The van der Waals surface area contributed by atoms with Crippen molar-refractivity contribution < 1.29 is 14.6 Å². The van der Waals surface area contributed by atoms with E-state index < -0.39 is 17.7 Å². The first-order valence-corrected chi connectivity index (χ1v) is 12.6. The molecule has 1 aliphatic heterocycles. The van der Waals surface area contributed by atoms with Gasteiger partial charge in [0.1, 0.15) is 11.7 Å². The molecule has 0 saturated heterocycles. The molecule has 0 spiro atoms.